The van der Waals surface area contributed by atoms with Crippen LogP contribution in [0.1, 0.15) is 12.5 Å². The van der Waals surface area contributed by atoms with Crippen molar-refractivity contribution in [1.82, 2.24) is 0 Å². The van der Waals surface area contributed by atoms with Gasteiger partial charge in [-0.1, -0.05) is 6.07 Å². The molecule has 0 saturated heterocycles. The van der Waals surface area contributed by atoms with Crippen LogP contribution in [0.2, 0.25) is 0 Å². The minimum absolute atomic E-state index is 0.0414. The van der Waals surface area contributed by atoms with E-state index in [2.05, 4.69) is 0 Å². The number of aliphatic hydroxyl groups is 1. The number of fused-ring (bicyclic) bond motifs is 1. The fraction of sp³-hybridized carbons (Fsp3) is 0.455. The van der Waals surface area contributed by atoms with Crippen molar-refractivity contribution in [1.29, 1.82) is 0 Å². The van der Waals surface area contributed by atoms with Gasteiger partial charge in [0.15, 0.2) is 17.1 Å². The number of rotatable bonds is 1. The Hall–Kier alpha value is -1.22. The van der Waals surface area contributed by atoms with E-state index in [0.29, 0.717) is 12.4 Å². The average molecular weight is 194 g/mol. The van der Waals surface area contributed by atoms with Crippen molar-refractivity contribution in [2.45, 2.75) is 19.4 Å². The van der Waals surface area contributed by atoms with Crippen LogP contribution in [0.15, 0.2) is 18.2 Å². The molecule has 1 atom stereocenters. The fourth-order valence-electron chi connectivity index (χ4n) is 1.42. The first kappa shape index (κ1) is 9.34. The van der Waals surface area contributed by atoms with Gasteiger partial charge in [-0.25, -0.2) is 0 Å². The Kier molecular flexibility index (Phi) is 2.11. The summed E-state index contributed by atoms with van der Waals surface area (Å²) in [6.07, 6.45) is 0. The van der Waals surface area contributed by atoms with Gasteiger partial charge in [0, 0.05) is 0 Å². The minimum Gasteiger partial charge on any atom is -0.485 e. The maximum absolute atomic E-state index is 9.13. The summed E-state index contributed by atoms with van der Waals surface area (Å²) in [5, 5.41) is 9.13. The van der Waals surface area contributed by atoms with Gasteiger partial charge in [-0.3, -0.25) is 0 Å². The lowest BCUT2D eigenvalue weighted by Crippen LogP contribution is -2.45. The van der Waals surface area contributed by atoms with Crippen molar-refractivity contribution >= 4 is 0 Å². The van der Waals surface area contributed by atoms with Crippen molar-refractivity contribution in [2.75, 3.05) is 13.2 Å². The van der Waals surface area contributed by atoms with E-state index in [1.165, 1.54) is 0 Å². The largest absolute Gasteiger partial charge is 0.485 e. The first-order valence-corrected chi connectivity index (χ1v) is 4.66. The van der Waals surface area contributed by atoms with Crippen LogP contribution in [-0.4, -0.2) is 23.9 Å². The molecule has 1 aliphatic heterocycles. The van der Waals surface area contributed by atoms with Crippen LogP contribution in [0.25, 0.3) is 0 Å². The van der Waals surface area contributed by atoms with Crippen molar-refractivity contribution in [3.63, 3.8) is 0 Å². The Morgan fingerprint density at radius 1 is 1.43 bits per heavy atom. The lowest BCUT2D eigenvalue weighted by molar-refractivity contribution is -0.0336. The molecular formula is C11H14O3. The Balaban J connectivity index is 2.31. The third-order valence-corrected chi connectivity index (χ3v) is 2.32. The maximum Gasteiger partial charge on any atom is 0.163 e. The van der Waals surface area contributed by atoms with Crippen LogP contribution >= 0.6 is 0 Å². The molecule has 0 saturated carbocycles. The zero-order valence-corrected chi connectivity index (χ0v) is 8.41. The molecule has 14 heavy (non-hydrogen) atoms. The SMILES string of the molecule is Cc1ccc2c(c1)OCC(C)(CO)O2. The van der Waals surface area contributed by atoms with E-state index in [1.54, 1.807) is 0 Å². The zero-order chi connectivity index (χ0) is 10.2. The van der Waals surface area contributed by atoms with Gasteiger partial charge in [0.25, 0.3) is 0 Å². The van der Waals surface area contributed by atoms with E-state index in [1.807, 2.05) is 32.0 Å². The third kappa shape index (κ3) is 1.55. The second-order valence-corrected chi connectivity index (χ2v) is 3.95. The number of hydrogen-bond donors (Lipinski definition) is 1. The predicted octanol–water partition coefficient (Wildman–Crippen LogP) is 1.52. The molecule has 1 aromatic carbocycles. The molecule has 0 aliphatic carbocycles. The maximum atomic E-state index is 9.13. The van der Waals surface area contributed by atoms with Crippen molar-refractivity contribution in [3.05, 3.63) is 23.8 Å². The highest BCUT2D eigenvalue weighted by atomic mass is 16.6. The predicted molar refractivity (Wildman–Crippen MR) is 52.8 cm³/mol. The van der Waals surface area contributed by atoms with Gasteiger partial charge in [-0.15, -0.1) is 0 Å². The Morgan fingerprint density at radius 2 is 2.21 bits per heavy atom. The van der Waals surface area contributed by atoms with Gasteiger partial charge in [0.1, 0.15) is 6.61 Å². The van der Waals surface area contributed by atoms with Crippen LogP contribution in [0.4, 0.5) is 0 Å². The van der Waals surface area contributed by atoms with Gasteiger partial charge in [-0.2, -0.15) is 0 Å². The standard InChI is InChI=1S/C11H14O3/c1-8-3-4-9-10(5-8)13-7-11(2,6-12)14-9/h3-5,12H,6-7H2,1-2H3. The number of benzene rings is 1. The topological polar surface area (TPSA) is 38.7 Å². The molecule has 3 heteroatoms. The average Bonchev–Trinajstić information content (AvgIpc) is 2.19. The van der Waals surface area contributed by atoms with Gasteiger partial charge in [0.05, 0.1) is 6.61 Å². The zero-order valence-electron chi connectivity index (χ0n) is 8.41. The molecule has 1 heterocycles. The van der Waals surface area contributed by atoms with E-state index < -0.39 is 5.60 Å². The van der Waals surface area contributed by atoms with Crippen LogP contribution in [0.3, 0.4) is 0 Å². The lowest BCUT2D eigenvalue weighted by Gasteiger charge is -2.34. The number of hydrogen-bond acceptors (Lipinski definition) is 3. The quantitative estimate of drug-likeness (QED) is 0.736. The van der Waals surface area contributed by atoms with Crippen LogP contribution < -0.4 is 9.47 Å². The van der Waals surface area contributed by atoms with E-state index in [0.717, 1.165) is 11.3 Å². The summed E-state index contributed by atoms with van der Waals surface area (Å²) in [5.41, 5.74) is 0.530. The van der Waals surface area contributed by atoms with E-state index in [4.69, 9.17) is 14.6 Å². The highest BCUT2D eigenvalue weighted by molar-refractivity contribution is 5.44. The van der Waals surface area contributed by atoms with Crippen molar-refractivity contribution < 1.29 is 14.6 Å². The van der Waals surface area contributed by atoms with Gasteiger partial charge in [-0.05, 0) is 31.5 Å². The normalized spacial score (nSPS) is 24.8. The summed E-state index contributed by atoms with van der Waals surface area (Å²) < 4.78 is 11.2. The monoisotopic (exact) mass is 194 g/mol. The van der Waals surface area contributed by atoms with E-state index in [-0.39, 0.29) is 6.61 Å². The Morgan fingerprint density at radius 3 is 2.93 bits per heavy atom. The third-order valence-electron chi connectivity index (χ3n) is 2.32. The molecule has 0 amide bonds. The highest BCUT2D eigenvalue weighted by Crippen LogP contribution is 2.35. The second kappa shape index (κ2) is 3.17. The molecule has 3 nitrogen and oxygen atoms in total. The summed E-state index contributed by atoms with van der Waals surface area (Å²) in [6.45, 7) is 4.18. The molecule has 1 unspecified atom stereocenters. The van der Waals surface area contributed by atoms with Crippen LogP contribution in [-0.2, 0) is 0 Å². The summed E-state index contributed by atoms with van der Waals surface area (Å²) in [5.74, 6) is 1.47. The van der Waals surface area contributed by atoms with Gasteiger partial charge < -0.3 is 14.6 Å². The van der Waals surface area contributed by atoms with Crippen molar-refractivity contribution in [2.24, 2.45) is 0 Å². The van der Waals surface area contributed by atoms with Crippen LogP contribution in [0, 0.1) is 6.92 Å². The molecule has 0 fully saturated rings. The molecule has 76 valence electrons. The van der Waals surface area contributed by atoms with E-state index >= 15 is 0 Å². The molecule has 1 aromatic rings. The summed E-state index contributed by atoms with van der Waals surface area (Å²) in [6, 6.07) is 5.77. The summed E-state index contributed by atoms with van der Waals surface area (Å²) >= 11 is 0. The Labute approximate surface area is 83.3 Å². The first-order chi connectivity index (χ1) is 6.63. The van der Waals surface area contributed by atoms with Crippen LogP contribution in [0.5, 0.6) is 11.5 Å². The Bertz CT molecular complexity index is 348. The van der Waals surface area contributed by atoms with E-state index in [9.17, 15) is 0 Å². The summed E-state index contributed by atoms with van der Waals surface area (Å²) in [7, 11) is 0. The van der Waals surface area contributed by atoms with Crippen molar-refractivity contribution in [3.8, 4) is 11.5 Å². The first-order valence-electron chi connectivity index (χ1n) is 4.66. The molecule has 0 spiro atoms. The van der Waals surface area contributed by atoms with Gasteiger partial charge >= 0.3 is 0 Å². The molecular weight excluding hydrogens is 180 g/mol. The molecule has 0 aromatic heterocycles. The van der Waals surface area contributed by atoms with Gasteiger partial charge in [0.2, 0.25) is 0 Å². The molecule has 0 bridgehead atoms. The smallest absolute Gasteiger partial charge is 0.163 e. The molecule has 1 N–H and O–H groups in total. The fourth-order valence-corrected chi connectivity index (χ4v) is 1.42. The number of ether oxygens (including phenoxy) is 2. The molecule has 1 aliphatic rings. The number of aliphatic hydroxyl groups excluding tert-OH is 1. The highest BCUT2D eigenvalue weighted by Gasteiger charge is 2.32. The number of aryl methyl sites for hydroxylation is 1. The molecule has 2 rings (SSSR count). The lowest BCUT2D eigenvalue weighted by atomic mass is 10.1. The minimum atomic E-state index is -0.609. The molecule has 0 radical (unpaired) electrons. The summed E-state index contributed by atoms with van der Waals surface area (Å²) in [4.78, 5) is 0. The second-order valence-electron chi connectivity index (χ2n) is 3.95.